The van der Waals surface area contributed by atoms with Crippen LogP contribution in [-0.4, -0.2) is 64.7 Å². The Morgan fingerprint density at radius 1 is 1.10 bits per heavy atom. The van der Waals surface area contributed by atoms with Crippen molar-refractivity contribution >= 4 is 17.4 Å². The Hall–Kier alpha value is -4.46. The third kappa shape index (κ3) is 7.43. The number of piperidine rings is 1. The number of aromatic nitrogens is 3. The molecule has 0 saturated carbocycles. The zero-order valence-corrected chi connectivity index (χ0v) is 29.7. The molecule has 2 atom stereocenters. The molecular formula is C39H47N5O5. The zero-order chi connectivity index (χ0) is 34.9. The number of fused-ring (bicyclic) bond motifs is 8. The second-order valence-electron chi connectivity index (χ2n) is 14.5. The molecule has 10 nitrogen and oxygen atoms in total. The Morgan fingerprint density at radius 2 is 1.86 bits per heavy atom. The van der Waals surface area contributed by atoms with E-state index in [0.717, 1.165) is 66.1 Å². The summed E-state index contributed by atoms with van der Waals surface area (Å²) >= 11 is 0. The topological polar surface area (TPSA) is 111 Å². The smallest absolute Gasteiger partial charge is 0.339 e. The van der Waals surface area contributed by atoms with Crippen LogP contribution < -0.4 is 9.64 Å². The Bertz CT molecular complexity index is 1880. The van der Waals surface area contributed by atoms with Crippen LogP contribution in [0.3, 0.4) is 0 Å². The largest absolute Gasteiger partial charge is 0.490 e. The second-order valence-corrected chi connectivity index (χ2v) is 14.5. The summed E-state index contributed by atoms with van der Waals surface area (Å²) in [5.41, 5.74) is 5.03. The van der Waals surface area contributed by atoms with E-state index in [1.54, 1.807) is 6.07 Å². The number of esters is 1. The van der Waals surface area contributed by atoms with Gasteiger partial charge in [-0.05, 0) is 103 Å². The van der Waals surface area contributed by atoms with Crippen molar-refractivity contribution in [1.29, 1.82) is 5.26 Å². The third-order valence-corrected chi connectivity index (χ3v) is 9.44. The Morgan fingerprint density at radius 3 is 2.57 bits per heavy atom. The van der Waals surface area contributed by atoms with Gasteiger partial charge in [0.15, 0.2) is 11.8 Å². The molecule has 1 fully saturated rings. The van der Waals surface area contributed by atoms with Gasteiger partial charge in [-0.25, -0.2) is 9.78 Å². The van der Waals surface area contributed by atoms with Gasteiger partial charge < -0.3 is 23.8 Å². The van der Waals surface area contributed by atoms with E-state index >= 15 is 0 Å². The first-order chi connectivity index (χ1) is 23.4. The van der Waals surface area contributed by atoms with Gasteiger partial charge in [-0.3, -0.25) is 0 Å². The van der Waals surface area contributed by atoms with Crippen molar-refractivity contribution in [1.82, 2.24) is 14.6 Å². The van der Waals surface area contributed by atoms with Gasteiger partial charge in [-0.2, -0.15) is 14.9 Å². The maximum Gasteiger partial charge on any atom is 0.339 e. The van der Waals surface area contributed by atoms with Crippen LogP contribution in [0, 0.1) is 18.3 Å². The summed E-state index contributed by atoms with van der Waals surface area (Å²) in [7, 11) is 1.38. The summed E-state index contributed by atoms with van der Waals surface area (Å²) in [4.78, 5) is 20.7. The lowest BCUT2D eigenvalue weighted by atomic mass is 9.92. The minimum absolute atomic E-state index is 0.00395. The van der Waals surface area contributed by atoms with Crippen LogP contribution in [-0.2, 0) is 19.0 Å². The van der Waals surface area contributed by atoms with E-state index in [-0.39, 0.29) is 11.7 Å². The lowest BCUT2D eigenvalue weighted by molar-refractivity contribution is -0.164. The molecule has 7 rings (SSSR count). The second kappa shape index (κ2) is 13.8. The van der Waals surface area contributed by atoms with Crippen LogP contribution in [0.2, 0.25) is 0 Å². The number of nitrogens with zero attached hydrogens (tertiary/aromatic N) is 5. The van der Waals surface area contributed by atoms with E-state index in [9.17, 15) is 10.1 Å². The maximum atomic E-state index is 13.4. The average molecular weight is 666 g/mol. The summed E-state index contributed by atoms with van der Waals surface area (Å²) in [6.07, 6.45) is 3.43. The number of aryl methyl sites for hydroxylation is 1. The van der Waals surface area contributed by atoms with Gasteiger partial charge in [0.2, 0.25) is 0 Å². The van der Waals surface area contributed by atoms with E-state index in [1.807, 2.05) is 68.6 Å². The zero-order valence-electron chi connectivity index (χ0n) is 29.7. The first-order valence-corrected chi connectivity index (χ1v) is 17.2. The summed E-state index contributed by atoms with van der Waals surface area (Å²) in [6.45, 7) is 14.1. The number of carbonyl (C=O) groups excluding carboxylic acids is 1. The van der Waals surface area contributed by atoms with E-state index in [0.29, 0.717) is 42.2 Å². The first kappa shape index (κ1) is 34.4. The Balaban J connectivity index is 1.55. The van der Waals surface area contributed by atoms with Crippen LogP contribution in [0.1, 0.15) is 89.6 Å². The molecule has 2 aromatic carbocycles. The molecule has 258 valence electrons. The molecule has 0 amide bonds. The molecule has 0 spiro atoms. The number of benzene rings is 2. The minimum atomic E-state index is -1.00. The van der Waals surface area contributed by atoms with Crippen molar-refractivity contribution in [3.05, 3.63) is 65.4 Å². The molecule has 0 unspecified atom stereocenters. The molecule has 3 aliphatic rings. The fourth-order valence-electron chi connectivity index (χ4n) is 6.79. The molecule has 10 heteroatoms. The van der Waals surface area contributed by atoms with Gasteiger partial charge in [-0.1, -0.05) is 18.2 Å². The Labute approximate surface area is 288 Å². The fraction of sp³-hybridized carbons (Fsp3) is 0.487. The average Bonchev–Trinajstić information content (AvgIpc) is 3.50. The van der Waals surface area contributed by atoms with E-state index < -0.39 is 17.7 Å². The quantitative estimate of drug-likeness (QED) is 0.204. The van der Waals surface area contributed by atoms with Gasteiger partial charge in [0.1, 0.15) is 11.6 Å². The van der Waals surface area contributed by atoms with Gasteiger partial charge in [-0.15, -0.1) is 0 Å². The highest BCUT2D eigenvalue weighted by atomic mass is 16.6. The molecule has 1 saturated heterocycles. The van der Waals surface area contributed by atoms with Crippen molar-refractivity contribution < 1.29 is 23.7 Å². The molecule has 0 N–H and O–H groups in total. The highest BCUT2D eigenvalue weighted by Crippen LogP contribution is 2.40. The van der Waals surface area contributed by atoms with Crippen molar-refractivity contribution in [2.45, 2.75) is 97.1 Å². The van der Waals surface area contributed by atoms with Crippen molar-refractivity contribution in [2.24, 2.45) is 0 Å². The van der Waals surface area contributed by atoms with Gasteiger partial charge >= 0.3 is 5.97 Å². The molecule has 3 aliphatic heterocycles. The predicted octanol–water partition coefficient (Wildman–Crippen LogP) is 7.60. The van der Waals surface area contributed by atoms with Crippen LogP contribution in [0.4, 0.5) is 5.82 Å². The minimum Gasteiger partial charge on any atom is -0.490 e. The number of carbonyl (C=O) groups is 1. The lowest BCUT2D eigenvalue weighted by Crippen LogP contribution is -2.46. The van der Waals surface area contributed by atoms with Crippen molar-refractivity contribution in [2.75, 3.05) is 31.7 Å². The highest BCUT2D eigenvalue weighted by Gasteiger charge is 2.38. The predicted molar refractivity (Wildman–Crippen MR) is 189 cm³/mol. The molecule has 49 heavy (non-hydrogen) atoms. The number of hydrogen-bond donors (Lipinski definition) is 0. The molecule has 6 bridgehead atoms. The molecule has 0 aliphatic carbocycles. The number of rotatable bonds is 3. The van der Waals surface area contributed by atoms with Crippen molar-refractivity contribution in [3.8, 4) is 34.2 Å². The molecule has 2 aromatic heterocycles. The summed E-state index contributed by atoms with van der Waals surface area (Å²) in [5.74, 6) is 1.02. The number of hydrogen-bond acceptors (Lipinski definition) is 9. The Kier molecular flexibility index (Phi) is 9.70. The molecule has 0 radical (unpaired) electrons. The van der Waals surface area contributed by atoms with E-state index in [1.165, 1.54) is 7.11 Å². The molecule has 4 aromatic rings. The van der Waals surface area contributed by atoms with Crippen LogP contribution in [0.25, 0.3) is 28.0 Å². The van der Waals surface area contributed by atoms with Crippen LogP contribution in [0.15, 0.2) is 48.5 Å². The fourth-order valence-corrected chi connectivity index (χ4v) is 6.79. The van der Waals surface area contributed by atoms with Crippen LogP contribution >= 0.6 is 0 Å². The van der Waals surface area contributed by atoms with E-state index in [4.69, 9.17) is 29.0 Å². The van der Waals surface area contributed by atoms with Gasteiger partial charge in [0.25, 0.3) is 0 Å². The van der Waals surface area contributed by atoms with Gasteiger partial charge in [0, 0.05) is 42.6 Å². The summed E-state index contributed by atoms with van der Waals surface area (Å²) < 4.78 is 26.6. The van der Waals surface area contributed by atoms with Crippen molar-refractivity contribution in [3.63, 3.8) is 0 Å². The maximum absolute atomic E-state index is 13.4. The summed E-state index contributed by atoms with van der Waals surface area (Å²) in [5, 5.41) is 14.9. The number of ether oxygens (including phenoxy) is 4. The number of methoxy groups -OCH3 is 1. The normalized spacial score (nSPS) is 20.7. The van der Waals surface area contributed by atoms with E-state index in [2.05, 4.69) is 30.9 Å². The third-order valence-electron chi connectivity index (χ3n) is 9.44. The monoisotopic (exact) mass is 665 g/mol. The van der Waals surface area contributed by atoms with Gasteiger partial charge in [0.05, 0.1) is 47.3 Å². The molecular weight excluding hydrogens is 618 g/mol. The first-order valence-electron chi connectivity index (χ1n) is 17.2. The molecule has 5 heterocycles. The SMILES string of the molecule is COC(=O)[C@@H](OC(C)(C)C)c1c(C)nc2cc3nn2c1N1CCC(C)(CC1)OCCCC[C@H](C)Oc1ccc(C#N)cc1-c1cccc-3c1. The highest BCUT2D eigenvalue weighted by molar-refractivity contribution is 5.81. The number of nitriles is 1. The van der Waals surface area contributed by atoms with Crippen LogP contribution in [0.5, 0.6) is 5.75 Å². The number of anilines is 1. The lowest BCUT2D eigenvalue weighted by Gasteiger charge is -2.41. The standard InChI is InChI=1S/C39H47N5O5/c1-25-11-8-9-20-47-39(6)16-18-43(19-17-39)36-34(35(37(45)46-7)49-38(3,4)5)26(2)41-33-23-31(42-44(33)36)29-13-10-12-28(22-29)30-21-27(24-40)14-15-32(30)48-25/h10,12-15,21-23,25,35H,8-9,11,16-20H2,1-7H3/t25-,35-/m0/s1. The summed E-state index contributed by atoms with van der Waals surface area (Å²) in [6, 6.07) is 17.9.